The minimum atomic E-state index is -1.16. The summed E-state index contributed by atoms with van der Waals surface area (Å²) >= 11 is 0. The molecule has 1 fully saturated rings. The van der Waals surface area contributed by atoms with Crippen LogP contribution in [0.4, 0.5) is 0 Å². The molecule has 0 spiro atoms. The number of aromatic amines is 1. The van der Waals surface area contributed by atoms with Gasteiger partial charge in [0, 0.05) is 39.1 Å². The summed E-state index contributed by atoms with van der Waals surface area (Å²) in [5, 5.41) is 24.0. The number of hydrogen-bond donors (Lipinski definition) is 3. The Hall–Kier alpha value is -4.64. The van der Waals surface area contributed by atoms with Crippen molar-refractivity contribution >= 4 is 23.6 Å². The second kappa shape index (κ2) is 22.3. The highest BCUT2D eigenvalue weighted by atomic mass is 16.5. The number of nitrogens with one attached hydrogen (secondary N) is 3. The summed E-state index contributed by atoms with van der Waals surface area (Å²) in [6, 6.07) is 5.61. The zero-order valence-corrected chi connectivity index (χ0v) is 35.5. The number of aromatic nitrogens is 4. The first-order valence-corrected chi connectivity index (χ1v) is 19.8. The topological polar surface area (TPSA) is 224 Å². The fraction of sp³-hybridized carbons (Fsp3) is 0.718. The number of likely N-dealkylation sites (N-methyl/N-ethyl adjacent to an activating group) is 2. The molecular formula is C39H64N12O6. The van der Waals surface area contributed by atoms with Gasteiger partial charge in [0.15, 0.2) is 5.82 Å². The van der Waals surface area contributed by atoms with Gasteiger partial charge in [-0.15, -0.1) is 5.10 Å². The zero-order chi connectivity index (χ0) is 42.4. The molecule has 0 unspecified atom stereocenters. The normalized spacial score (nSPS) is 19.0. The highest BCUT2D eigenvalue weighted by Crippen LogP contribution is 2.30. The van der Waals surface area contributed by atoms with Gasteiger partial charge in [0.2, 0.25) is 23.6 Å². The van der Waals surface area contributed by atoms with Crippen molar-refractivity contribution in [3.05, 3.63) is 52.2 Å². The Morgan fingerprint density at radius 3 is 2.26 bits per heavy atom. The van der Waals surface area contributed by atoms with Gasteiger partial charge in [-0.1, -0.05) is 83.4 Å². The molecule has 57 heavy (non-hydrogen) atoms. The third-order valence-corrected chi connectivity index (χ3v) is 11.3. The van der Waals surface area contributed by atoms with E-state index in [1.54, 1.807) is 51.9 Å². The van der Waals surface area contributed by atoms with Crippen LogP contribution in [0, 0.1) is 17.8 Å². The third kappa shape index (κ3) is 12.2. The smallest absolute Gasteiger partial charge is 0.245 e. The van der Waals surface area contributed by atoms with E-state index < -0.39 is 60.3 Å². The monoisotopic (exact) mass is 797 g/mol. The van der Waals surface area contributed by atoms with E-state index in [2.05, 4.69) is 41.3 Å². The summed E-state index contributed by atoms with van der Waals surface area (Å²) in [5.41, 5.74) is 10.3. The first-order valence-electron chi connectivity index (χ1n) is 19.8. The van der Waals surface area contributed by atoms with Crippen molar-refractivity contribution in [2.75, 3.05) is 41.9 Å². The number of hydrogen-bond acceptors (Lipinski definition) is 11. The molecule has 3 N–H and O–H groups in total. The van der Waals surface area contributed by atoms with Gasteiger partial charge < -0.3 is 29.9 Å². The number of rotatable bonds is 22. The van der Waals surface area contributed by atoms with Crippen LogP contribution in [0.3, 0.4) is 0 Å². The number of ether oxygens (including phenoxy) is 2. The van der Waals surface area contributed by atoms with Crippen LogP contribution in [0.1, 0.15) is 84.7 Å². The molecule has 1 aromatic carbocycles. The molecule has 0 aliphatic carbocycles. The number of likely N-dealkylation sites (tertiary alicyclic amines) is 1. The van der Waals surface area contributed by atoms with Crippen LogP contribution in [-0.4, -0.2) is 143 Å². The first kappa shape index (κ1) is 46.7. The van der Waals surface area contributed by atoms with Crippen LogP contribution in [0.15, 0.2) is 35.4 Å². The molecule has 2 aromatic rings. The van der Waals surface area contributed by atoms with Crippen LogP contribution in [0.5, 0.6) is 0 Å². The Morgan fingerprint density at radius 2 is 1.72 bits per heavy atom. The van der Waals surface area contributed by atoms with Gasteiger partial charge in [-0.25, -0.2) is 5.10 Å². The molecule has 0 radical (unpaired) electrons. The first-order chi connectivity index (χ1) is 27.1. The summed E-state index contributed by atoms with van der Waals surface area (Å²) < 4.78 is 12.0. The molecule has 316 valence electrons. The number of tetrazole rings is 1. The maximum Gasteiger partial charge on any atom is 0.245 e. The van der Waals surface area contributed by atoms with Crippen LogP contribution < -0.4 is 10.6 Å². The van der Waals surface area contributed by atoms with E-state index in [0.717, 1.165) is 12.0 Å². The number of methoxy groups -OCH3 is 2. The SMILES string of the molecule is CC[C@H](C)[C@@H]([C@@H](CC(=O)N1CCC[C@H]1[C@H](OC)[C@@H](C)C(=O)N[C@@H](Cc1ccccc1)c1nnn[nH]1)OC)N(C)C(=O)[C@@H](NC(=O)[C@H](C(C)C)N(C)C)[C@H](C)N=[N+]=[N-]. The van der Waals surface area contributed by atoms with Crippen LogP contribution >= 0.6 is 0 Å². The average molecular weight is 797 g/mol. The van der Waals surface area contributed by atoms with Gasteiger partial charge >= 0.3 is 0 Å². The highest BCUT2D eigenvalue weighted by molar-refractivity contribution is 5.90. The van der Waals surface area contributed by atoms with E-state index in [-0.39, 0.29) is 36.0 Å². The lowest BCUT2D eigenvalue weighted by Gasteiger charge is -2.41. The molecule has 0 saturated carbocycles. The standard InChI is InChI=1S/C39H64N12O6/c1-12-24(4)34(50(9)39(55)32(26(6)43-46-40)42-38(54)33(23(2)3)49(7)8)30(56-10)22-31(52)51-20-16-19-29(51)35(57-11)25(5)37(53)41-28(36-44-47-48-45-36)21-27-17-14-13-15-18-27/h13-15,17-18,23-26,28-30,32-35H,12,16,19-22H2,1-11H3,(H,41,53)(H,42,54)(H,44,45,47,48)/t24-,25+,26-,28-,29-,30+,32-,33-,34-,35+/m0/s1. The Bertz CT molecular complexity index is 1610. The second-order valence-electron chi connectivity index (χ2n) is 15.7. The fourth-order valence-electron chi connectivity index (χ4n) is 8.12. The van der Waals surface area contributed by atoms with Gasteiger partial charge in [0.25, 0.3) is 0 Å². The lowest BCUT2D eigenvalue weighted by atomic mass is 9.89. The predicted octanol–water partition coefficient (Wildman–Crippen LogP) is 3.29. The molecule has 4 amide bonds. The maximum atomic E-state index is 14.4. The largest absolute Gasteiger partial charge is 0.379 e. The third-order valence-electron chi connectivity index (χ3n) is 11.3. The summed E-state index contributed by atoms with van der Waals surface area (Å²) in [4.78, 5) is 64.0. The molecule has 3 rings (SSSR count). The van der Waals surface area contributed by atoms with Gasteiger partial charge in [0.1, 0.15) is 6.04 Å². The van der Waals surface area contributed by atoms with E-state index in [9.17, 15) is 24.7 Å². The average Bonchev–Trinajstić information content (AvgIpc) is 3.90. The molecule has 1 aliphatic rings. The lowest BCUT2D eigenvalue weighted by Crippen LogP contribution is -2.60. The van der Waals surface area contributed by atoms with Crippen LogP contribution in [-0.2, 0) is 35.1 Å². The summed E-state index contributed by atoms with van der Waals surface area (Å²) in [6.07, 6.45) is 1.08. The minimum absolute atomic E-state index is 0.0484. The number of carbonyl (C=O) groups excluding carboxylic acids is 4. The molecule has 2 heterocycles. The molecule has 18 heteroatoms. The van der Waals surface area contributed by atoms with Gasteiger partial charge in [-0.3, -0.25) is 24.1 Å². The zero-order valence-electron chi connectivity index (χ0n) is 35.5. The van der Waals surface area contributed by atoms with E-state index in [4.69, 9.17) is 9.47 Å². The maximum absolute atomic E-state index is 14.4. The Kier molecular flexibility index (Phi) is 18.3. The van der Waals surface area contributed by atoms with E-state index in [0.29, 0.717) is 31.6 Å². The van der Waals surface area contributed by atoms with Crippen LogP contribution in [0.2, 0.25) is 0 Å². The Balaban J connectivity index is 1.83. The Morgan fingerprint density at radius 1 is 1.04 bits per heavy atom. The molecule has 1 aromatic heterocycles. The number of nitrogens with zero attached hydrogens (tertiary/aromatic N) is 9. The predicted molar refractivity (Wildman–Crippen MR) is 214 cm³/mol. The molecule has 10 atom stereocenters. The Labute approximate surface area is 336 Å². The fourth-order valence-corrected chi connectivity index (χ4v) is 8.12. The van der Waals surface area contributed by atoms with Gasteiger partial charge in [0.05, 0.1) is 54.8 Å². The van der Waals surface area contributed by atoms with E-state index in [1.165, 1.54) is 12.0 Å². The quantitative estimate of drug-likeness (QED) is 0.0896. The van der Waals surface area contributed by atoms with Gasteiger partial charge in [-0.05, 0) is 60.3 Å². The van der Waals surface area contributed by atoms with Crippen molar-refractivity contribution in [1.29, 1.82) is 0 Å². The molecule has 18 nitrogen and oxygen atoms in total. The van der Waals surface area contributed by atoms with Crippen molar-refractivity contribution in [3.8, 4) is 0 Å². The van der Waals surface area contributed by atoms with E-state index in [1.807, 2.05) is 58.0 Å². The molecule has 1 aliphatic heterocycles. The number of benzene rings is 1. The summed E-state index contributed by atoms with van der Waals surface area (Å²) in [5.74, 6) is -1.70. The minimum Gasteiger partial charge on any atom is -0.379 e. The number of azide groups is 1. The van der Waals surface area contributed by atoms with Crippen molar-refractivity contribution in [3.63, 3.8) is 0 Å². The highest BCUT2D eigenvalue weighted by Gasteiger charge is 2.43. The second-order valence-corrected chi connectivity index (χ2v) is 15.7. The van der Waals surface area contributed by atoms with Crippen molar-refractivity contribution in [2.24, 2.45) is 22.9 Å². The van der Waals surface area contributed by atoms with Crippen molar-refractivity contribution in [2.45, 2.75) is 122 Å². The molecular weight excluding hydrogens is 733 g/mol. The summed E-state index contributed by atoms with van der Waals surface area (Å²) in [7, 11) is 8.27. The summed E-state index contributed by atoms with van der Waals surface area (Å²) in [6.45, 7) is 11.6. The van der Waals surface area contributed by atoms with Crippen LogP contribution in [0.25, 0.3) is 10.4 Å². The molecule has 1 saturated heterocycles. The van der Waals surface area contributed by atoms with Crippen molar-refractivity contribution in [1.82, 2.24) is 46.0 Å². The molecule has 0 bridgehead atoms. The van der Waals surface area contributed by atoms with Crippen molar-refractivity contribution < 1.29 is 28.7 Å². The number of carbonyl (C=O) groups is 4. The lowest BCUT2D eigenvalue weighted by molar-refractivity contribution is -0.147. The number of H-pyrrole nitrogens is 1. The van der Waals surface area contributed by atoms with Gasteiger partial charge in [-0.2, -0.15) is 0 Å². The number of amides is 4. The van der Waals surface area contributed by atoms with E-state index >= 15 is 0 Å².